The molecule has 3 rings (SSSR count). The van der Waals surface area contributed by atoms with Crippen LogP contribution in [0.1, 0.15) is 45.4 Å². The van der Waals surface area contributed by atoms with Crippen LogP contribution in [0, 0.1) is 5.41 Å². The molecule has 0 bridgehead atoms. The largest absolute Gasteiger partial charge is 0.378 e. The normalized spacial score (nSPS) is 27.9. The molecule has 0 aromatic carbocycles. The molecule has 2 saturated carbocycles. The molecule has 5 heteroatoms. The Labute approximate surface area is 119 Å². The molecular weight excluding hydrogens is 258 g/mol. The predicted octanol–water partition coefficient (Wildman–Crippen LogP) is 2.88. The van der Waals surface area contributed by atoms with E-state index in [1.165, 1.54) is 30.8 Å². The summed E-state index contributed by atoms with van der Waals surface area (Å²) in [6.45, 7) is 5.04. The molecule has 1 aromatic heterocycles. The topological polar surface area (TPSA) is 38.2 Å². The van der Waals surface area contributed by atoms with Gasteiger partial charge in [-0.1, -0.05) is 13.3 Å². The summed E-state index contributed by atoms with van der Waals surface area (Å²) >= 11 is 1.53. The second-order valence-corrected chi connectivity index (χ2v) is 6.47. The third-order valence-electron chi connectivity index (χ3n) is 4.94. The summed E-state index contributed by atoms with van der Waals surface area (Å²) in [4.78, 5) is 6.97. The summed E-state index contributed by atoms with van der Waals surface area (Å²) in [5.74, 6) is 0.968. The number of anilines is 1. The fourth-order valence-electron chi connectivity index (χ4n) is 3.61. The van der Waals surface area contributed by atoms with Crippen molar-refractivity contribution < 1.29 is 4.74 Å². The van der Waals surface area contributed by atoms with Gasteiger partial charge in [-0.3, -0.25) is 0 Å². The van der Waals surface area contributed by atoms with E-state index in [0.29, 0.717) is 17.6 Å². The summed E-state index contributed by atoms with van der Waals surface area (Å²) in [5, 5.41) is 1.07. The van der Waals surface area contributed by atoms with E-state index in [1.807, 2.05) is 0 Å². The van der Waals surface area contributed by atoms with Gasteiger partial charge in [-0.2, -0.15) is 4.37 Å². The van der Waals surface area contributed by atoms with Crippen molar-refractivity contribution in [3.8, 4) is 0 Å². The minimum Gasteiger partial charge on any atom is -0.378 e. The predicted molar refractivity (Wildman–Crippen MR) is 77.8 cm³/mol. The first-order valence-corrected chi connectivity index (χ1v) is 8.15. The van der Waals surface area contributed by atoms with Crippen LogP contribution in [-0.4, -0.2) is 35.2 Å². The fourth-order valence-corrected chi connectivity index (χ4v) is 4.37. The standard InChI is InChI=1S/C14H23N3OS/c1-4-12-15-13(19-16-12)17(3)10-9-11(18-5-2)14(10)7-6-8-14/h10-11H,4-9H2,1-3H3. The van der Waals surface area contributed by atoms with E-state index >= 15 is 0 Å². The van der Waals surface area contributed by atoms with Gasteiger partial charge in [0.2, 0.25) is 5.13 Å². The minimum atomic E-state index is 0.406. The Morgan fingerprint density at radius 3 is 2.74 bits per heavy atom. The molecule has 1 aromatic rings. The molecule has 0 amide bonds. The van der Waals surface area contributed by atoms with Gasteiger partial charge in [0.25, 0.3) is 0 Å². The van der Waals surface area contributed by atoms with E-state index < -0.39 is 0 Å². The average Bonchev–Trinajstić information content (AvgIpc) is 2.80. The third-order valence-corrected chi connectivity index (χ3v) is 5.78. The van der Waals surface area contributed by atoms with E-state index in [1.54, 1.807) is 0 Å². The number of nitrogens with zero attached hydrogens (tertiary/aromatic N) is 3. The van der Waals surface area contributed by atoms with Crippen LogP contribution in [0.3, 0.4) is 0 Å². The molecule has 1 spiro atoms. The molecule has 2 aliphatic rings. The Hall–Kier alpha value is -0.680. The highest BCUT2D eigenvalue weighted by Crippen LogP contribution is 2.59. The van der Waals surface area contributed by atoms with Crippen molar-refractivity contribution in [2.75, 3.05) is 18.6 Å². The van der Waals surface area contributed by atoms with Gasteiger partial charge < -0.3 is 9.64 Å². The van der Waals surface area contributed by atoms with Crippen LogP contribution in [-0.2, 0) is 11.2 Å². The van der Waals surface area contributed by atoms with Gasteiger partial charge in [-0.25, -0.2) is 4.98 Å². The van der Waals surface area contributed by atoms with Crippen LogP contribution in [0.25, 0.3) is 0 Å². The van der Waals surface area contributed by atoms with Gasteiger partial charge in [0.1, 0.15) is 5.82 Å². The van der Waals surface area contributed by atoms with Crippen molar-refractivity contribution in [1.29, 1.82) is 0 Å². The number of rotatable bonds is 5. The van der Waals surface area contributed by atoms with Gasteiger partial charge in [0.15, 0.2) is 0 Å². The van der Waals surface area contributed by atoms with Crippen molar-refractivity contribution in [2.45, 2.75) is 58.1 Å². The first-order valence-electron chi connectivity index (χ1n) is 7.38. The van der Waals surface area contributed by atoms with Crippen molar-refractivity contribution in [2.24, 2.45) is 5.41 Å². The summed E-state index contributed by atoms with van der Waals surface area (Å²) in [7, 11) is 2.17. The van der Waals surface area contributed by atoms with Gasteiger partial charge in [0.05, 0.1) is 6.10 Å². The molecule has 0 N–H and O–H groups in total. The first-order chi connectivity index (χ1) is 9.21. The lowest BCUT2D eigenvalue weighted by Gasteiger charge is -2.63. The Morgan fingerprint density at radius 1 is 1.42 bits per heavy atom. The lowest BCUT2D eigenvalue weighted by molar-refractivity contribution is -0.163. The fraction of sp³-hybridized carbons (Fsp3) is 0.857. The molecule has 1 heterocycles. The quantitative estimate of drug-likeness (QED) is 0.832. The zero-order valence-electron chi connectivity index (χ0n) is 12.1. The maximum Gasteiger partial charge on any atom is 0.205 e. The zero-order chi connectivity index (χ0) is 13.5. The lowest BCUT2D eigenvalue weighted by Crippen LogP contribution is -2.67. The third kappa shape index (κ3) is 1.98. The maximum atomic E-state index is 5.92. The van der Waals surface area contributed by atoms with Crippen LogP contribution in [0.2, 0.25) is 0 Å². The number of ether oxygens (including phenoxy) is 1. The van der Waals surface area contributed by atoms with Crippen LogP contribution < -0.4 is 4.90 Å². The molecule has 2 fully saturated rings. The van der Waals surface area contributed by atoms with Crippen LogP contribution >= 0.6 is 11.5 Å². The molecular formula is C14H23N3OS. The molecule has 0 aliphatic heterocycles. The maximum absolute atomic E-state index is 5.92. The van der Waals surface area contributed by atoms with Crippen LogP contribution in [0.15, 0.2) is 0 Å². The van der Waals surface area contributed by atoms with E-state index in [4.69, 9.17) is 4.74 Å². The van der Waals surface area contributed by atoms with Gasteiger partial charge in [0, 0.05) is 43.1 Å². The number of hydrogen-bond acceptors (Lipinski definition) is 5. The number of aryl methyl sites for hydroxylation is 1. The van der Waals surface area contributed by atoms with Gasteiger partial charge in [-0.05, 0) is 26.2 Å². The monoisotopic (exact) mass is 281 g/mol. The van der Waals surface area contributed by atoms with Crippen LogP contribution in [0.4, 0.5) is 5.13 Å². The Morgan fingerprint density at radius 2 is 2.21 bits per heavy atom. The second-order valence-electron chi connectivity index (χ2n) is 5.74. The highest BCUT2D eigenvalue weighted by Gasteiger charge is 2.60. The molecule has 106 valence electrons. The Kier molecular flexibility index (Phi) is 3.52. The highest BCUT2D eigenvalue weighted by molar-refractivity contribution is 7.09. The molecule has 2 unspecified atom stereocenters. The van der Waals surface area contributed by atoms with Crippen molar-refractivity contribution in [1.82, 2.24) is 9.36 Å². The molecule has 2 aliphatic carbocycles. The number of hydrogen-bond donors (Lipinski definition) is 0. The molecule has 2 atom stereocenters. The molecule has 0 saturated heterocycles. The second kappa shape index (κ2) is 5.02. The van der Waals surface area contributed by atoms with Gasteiger partial charge >= 0.3 is 0 Å². The summed E-state index contributed by atoms with van der Waals surface area (Å²) in [5.41, 5.74) is 0.406. The van der Waals surface area contributed by atoms with Crippen molar-refractivity contribution >= 4 is 16.7 Å². The smallest absolute Gasteiger partial charge is 0.205 e. The van der Waals surface area contributed by atoms with E-state index in [-0.39, 0.29) is 0 Å². The van der Waals surface area contributed by atoms with Crippen molar-refractivity contribution in [3.63, 3.8) is 0 Å². The van der Waals surface area contributed by atoms with Gasteiger partial charge in [-0.15, -0.1) is 0 Å². The average molecular weight is 281 g/mol. The first kappa shape index (κ1) is 13.3. The summed E-state index contributed by atoms with van der Waals surface area (Å²) < 4.78 is 10.3. The van der Waals surface area contributed by atoms with E-state index in [9.17, 15) is 0 Å². The van der Waals surface area contributed by atoms with Crippen LogP contribution in [0.5, 0.6) is 0 Å². The Balaban J connectivity index is 1.72. The SMILES string of the molecule is CCOC1CC(N(C)c2nc(CC)ns2)C12CCC2. The lowest BCUT2D eigenvalue weighted by atomic mass is 9.50. The molecule has 19 heavy (non-hydrogen) atoms. The van der Waals surface area contributed by atoms with E-state index in [2.05, 4.69) is 35.2 Å². The number of aromatic nitrogens is 2. The van der Waals surface area contributed by atoms with E-state index in [0.717, 1.165) is 30.4 Å². The minimum absolute atomic E-state index is 0.406. The summed E-state index contributed by atoms with van der Waals surface area (Å²) in [6.07, 6.45) is 6.51. The van der Waals surface area contributed by atoms with Crippen molar-refractivity contribution in [3.05, 3.63) is 5.82 Å². The molecule has 0 radical (unpaired) electrons. The molecule has 4 nitrogen and oxygen atoms in total. The highest BCUT2D eigenvalue weighted by atomic mass is 32.1. The summed E-state index contributed by atoms with van der Waals surface area (Å²) in [6, 6.07) is 0.593. The Bertz CT molecular complexity index is 444. The zero-order valence-corrected chi connectivity index (χ0v) is 12.9.